The van der Waals surface area contributed by atoms with Gasteiger partial charge >= 0.3 is 0 Å². The van der Waals surface area contributed by atoms with Gasteiger partial charge in [0.2, 0.25) is 0 Å². The summed E-state index contributed by atoms with van der Waals surface area (Å²) in [5.41, 5.74) is 15.6. The standard InChI is InChI=1S/C16H17N3O/c17-13-5-6-14(15(18)9-13)16(20)19-8-7-11-3-1-2-4-12(11)10-19/h1-6,9H,7-8,10,17-18H2. The molecule has 1 aliphatic rings. The van der Waals surface area contributed by atoms with Crippen LogP contribution in [0.1, 0.15) is 21.5 Å². The van der Waals surface area contributed by atoms with E-state index in [0.29, 0.717) is 23.5 Å². The highest BCUT2D eigenvalue weighted by atomic mass is 16.2. The van der Waals surface area contributed by atoms with E-state index in [2.05, 4.69) is 12.1 Å². The Morgan fingerprint density at radius 3 is 2.55 bits per heavy atom. The van der Waals surface area contributed by atoms with Crippen molar-refractivity contribution in [2.24, 2.45) is 0 Å². The first-order chi connectivity index (χ1) is 9.65. The van der Waals surface area contributed by atoms with Crippen molar-refractivity contribution in [3.63, 3.8) is 0 Å². The lowest BCUT2D eigenvalue weighted by molar-refractivity contribution is 0.0736. The van der Waals surface area contributed by atoms with Crippen molar-refractivity contribution >= 4 is 17.3 Å². The number of amides is 1. The molecule has 0 unspecified atom stereocenters. The number of nitrogens with zero attached hydrogens (tertiary/aromatic N) is 1. The fourth-order valence-corrected chi connectivity index (χ4v) is 2.62. The lowest BCUT2D eigenvalue weighted by Gasteiger charge is -2.29. The van der Waals surface area contributed by atoms with Gasteiger partial charge in [-0.3, -0.25) is 4.79 Å². The van der Waals surface area contributed by atoms with Gasteiger partial charge in [-0.15, -0.1) is 0 Å². The van der Waals surface area contributed by atoms with E-state index >= 15 is 0 Å². The molecule has 0 radical (unpaired) electrons. The molecule has 4 nitrogen and oxygen atoms in total. The quantitative estimate of drug-likeness (QED) is 0.777. The maximum atomic E-state index is 12.5. The summed E-state index contributed by atoms with van der Waals surface area (Å²) in [5, 5.41) is 0. The molecule has 0 bridgehead atoms. The van der Waals surface area contributed by atoms with Crippen LogP contribution in [0.5, 0.6) is 0 Å². The molecule has 0 saturated carbocycles. The second kappa shape index (κ2) is 4.89. The summed E-state index contributed by atoms with van der Waals surface area (Å²) in [7, 11) is 0. The Hall–Kier alpha value is -2.49. The van der Waals surface area contributed by atoms with Crippen LogP contribution in [-0.2, 0) is 13.0 Å². The van der Waals surface area contributed by atoms with E-state index in [1.54, 1.807) is 18.2 Å². The molecule has 3 rings (SSSR count). The third kappa shape index (κ3) is 2.20. The molecule has 0 aromatic heterocycles. The summed E-state index contributed by atoms with van der Waals surface area (Å²) in [6.07, 6.45) is 0.886. The third-order valence-corrected chi connectivity index (χ3v) is 3.72. The van der Waals surface area contributed by atoms with Gasteiger partial charge in [-0.25, -0.2) is 0 Å². The molecule has 4 N–H and O–H groups in total. The van der Waals surface area contributed by atoms with Crippen molar-refractivity contribution in [2.75, 3.05) is 18.0 Å². The molecule has 0 fully saturated rings. The van der Waals surface area contributed by atoms with E-state index in [1.165, 1.54) is 11.1 Å². The Balaban J connectivity index is 1.86. The lowest BCUT2D eigenvalue weighted by atomic mass is 9.99. The molecule has 1 amide bonds. The molecule has 0 spiro atoms. The number of nitrogen functional groups attached to an aromatic ring is 2. The number of anilines is 2. The molecule has 0 aliphatic carbocycles. The van der Waals surface area contributed by atoms with Crippen LogP contribution in [0.3, 0.4) is 0 Å². The van der Waals surface area contributed by atoms with Gasteiger partial charge in [0.05, 0.1) is 5.56 Å². The number of hydrogen-bond donors (Lipinski definition) is 2. The molecule has 4 heteroatoms. The van der Waals surface area contributed by atoms with Crippen LogP contribution in [0.4, 0.5) is 11.4 Å². The summed E-state index contributed by atoms with van der Waals surface area (Å²) >= 11 is 0. The van der Waals surface area contributed by atoms with Gasteiger partial charge in [0.15, 0.2) is 0 Å². The van der Waals surface area contributed by atoms with E-state index < -0.39 is 0 Å². The van der Waals surface area contributed by atoms with Crippen LogP contribution in [0.15, 0.2) is 42.5 Å². The van der Waals surface area contributed by atoms with Gasteiger partial charge in [-0.2, -0.15) is 0 Å². The van der Waals surface area contributed by atoms with Gasteiger partial charge < -0.3 is 16.4 Å². The van der Waals surface area contributed by atoms with Crippen molar-refractivity contribution in [2.45, 2.75) is 13.0 Å². The number of carbonyl (C=O) groups excluding carboxylic acids is 1. The molecule has 1 heterocycles. The maximum Gasteiger partial charge on any atom is 0.256 e. The van der Waals surface area contributed by atoms with Crippen molar-refractivity contribution < 1.29 is 4.79 Å². The zero-order chi connectivity index (χ0) is 14.1. The Bertz CT molecular complexity index is 667. The first-order valence-corrected chi connectivity index (χ1v) is 6.66. The predicted octanol–water partition coefficient (Wildman–Crippen LogP) is 2.05. The lowest BCUT2D eigenvalue weighted by Crippen LogP contribution is -2.36. The highest BCUT2D eigenvalue weighted by Gasteiger charge is 2.22. The molecule has 102 valence electrons. The molecule has 2 aromatic rings. The monoisotopic (exact) mass is 267 g/mol. The van der Waals surface area contributed by atoms with Crippen molar-refractivity contribution in [1.29, 1.82) is 0 Å². The molecular weight excluding hydrogens is 250 g/mol. The molecule has 2 aromatic carbocycles. The Morgan fingerprint density at radius 1 is 1.05 bits per heavy atom. The third-order valence-electron chi connectivity index (χ3n) is 3.72. The zero-order valence-electron chi connectivity index (χ0n) is 11.2. The Morgan fingerprint density at radius 2 is 1.80 bits per heavy atom. The number of benzene rings is 2. The van der Waals surface area contributed by atoms with Crippen LogP contribution in [0.2, 0.25) is 0 Å². The normalized spacial score (nSPS) is 13.9. The van der Waals surface area contributed by atoms with E-state index in [0.717, 1.165) is 13.0 Å². The number of nitrogens with two attached hydrogens (primary N) is 2. The van der Waals surface area contributed by atoms with Gasteiger partial charge in [0.1, 0.15) is 0 Å². The fraction of sp³-hybridized carbons (Fsp3) is 0.188. The molecular formula is C16H17N3O. The van der Waals surface area contributed by atoms with Crippen LogP contribution < -0.4 is 11.5 Å². The van der Waals surface area contributed by atoms with Crippen molar-refractivity contribution in [1.82, 2.24) is 4.90 Å². The SMILES string of the molecule is Nc1ccc(C(=O)N2CCc3ccccc3C2)c(N)c1. The van der Waals surface area contributed by atoms with Crippen LogP contribution in [0.25, 0.3) is 0 Å². The van der Waals surface area contributed by atoms with Gasteiger partial charge in [-0.1, -0.05) is 24.3 Å². The maximum absolute atomic E-state index is 12.5. The molecule has 0 saturated heterocycles. The zero-order valence-corrected chi connectivity index (χ0v) is 11.2. The average molecular weight is 267 g/mol. The summed E-state index contributed by atoms with van der Waals surface area (Å²) in [4.78, 5) is 14.4. The first-order valence-electron chi connectivity index (χ1n) is 6.66. The van der Waals surface area contributed by atoms with Gasteiger partial charge in [0, 0.05) is 24.5 Å². The van der Waals surface area contributed by atoms with E-state index in [9.17, 15) is 4.79 Å². The van der Waals surface area contributed by atoms with Crippen LogP contribution >= 0.6 is 0 Å². The second-order valence-electron chi connectivity index (χ2n) is 5.09. The number of hydrogen-bond acceptors (Lipinski definition) is 3. The number of fused-ring (bicyclic) bond motifs is 1. The fourth-order valence-electron chi connectivity index (χ4n) is 2.62. The predicted molar refractivity (Wildman–Crippen MR) is 80.2 cm³/mol. The Kier molecular flexibility index (Phi) is 3.06. The molecule has 1 aliphatic heterocycles. The summed E-state index contributed by atoms with van der Waals surface area (Å²) in [6, 6.07) is 13.3. The summed E-state index contributed by atoms with van der Waals surface area (Å²) in [5.74, 6) is -0.0306. The summed E-state index contributed by atoms with van der Waals surface area (Å²) in [6.45, 7) is 1.36. The van der Waals surface area contributed by atoms with Crippen molar-refractivity contribution in [3.05, 3.63) is 59.2 Å². The minimum absolute atomic E-state index is 0.0306. The topological polar surface area (TPSA) is 72.4 Å². The second-order valence-corrected chi connectivity index (χ2v) is 5.09. The van der Waals surface area contributed by atoms with Gasteiger partial charge in [0.25, 0.3) is 5.91 Å². The van der Waals surface area contributed by atoms with E-state index in [1.807, 2.05) is 17.0 Å². The van der Waals surface area contributed by atoms with Crippen LogP contribution in [-0.4, -0.2) is 17.4 Å². The molecule has 20 heavy (non-hydrogen) atoms. The molecule has 0 atom stereocenters. The van der Waals surface area contributed by atoms with Crippen LogP contribution in [0, 0.1) is 0 Å². The smallest absolute Gasteiger partial charge is 0.256 e. The van der Waals surface area contributed by atoms with E-state index in [4.69, 9.17) is 11.5 Å². The number of carbonyl (C=O) groups is 1. The Labute approximate surface area is 118 Å². The minimum Gasteiger partial charge on any atom is -0.399 e. The summed E-state index contributed by atoms with van der Waals surface area (Å²) < 4.78 is 0. The highest BCUT2D eigenvalue weighted by Crippen LogP contribution is 2.23. The minimum atomic E-state index is -0.0306. The van der Waals surface area contributed by atoms with E-state index in [-0.39, 0.29) is 5.91 Å². The van der Waals surface area contributed by atoms with Crippen molar-refractivity contribution in [3.8, 4) is 0 Å². The average Bonchev–Trinajstić information content (AvgIpc) is 2.46. The van der Waals surface area contributed by atoms with Gasteiger partial charge in [-0.05, 0) is 35.7 Å². The highest BCUT2D eigenvalue weighted by molar-refractivity contribution is 5.99. The largest absolute Gasteiger partial charge is 0.399 e. The number of rotatable bonds is 1. The first kappa shape index (κ1) is 12.5.